The predicted molar refractivity (Wildman–Crippen MR) is 99.3 cm³/mol. The highest BCUT2D eigenvalue weighted by molar-refractivity contribution is 5.88. The van der Waals surface area contributed by atoms with Gasteiger partial charge in [0.1, 0.15) is 6.04 Å². The van der Waals surface area contributed by atoms with Crippen LogP contribution in [0.2, 0.25) is 0 Å². The van der Waals surface area contributed by atoms with Gasteiger partial charge in [0.15, 0.2) is 0 Å². The van der Waals surface area contributed by atoms with Crippen LogP contribution in [0.1, 0.15) is 62.5 Å². The van der Waals surface area contributed by atoms with Crippen molar-refractivity contribution in [3.8, 4) is 0 Å². The smallest absolute Gasteiger partial charge is 0.243 e. The second-order valence-corrected chi connectivity index (χ2v) is 7.57. The van der Waals surface area contributed by atoms with Crippen LogP contribution in [0.5, 0.6) is 0 Å². The summed E-state index contributed by atoms with van der Waals surface area (Å²) in [5, 5.41) is 3.19. The normalized spacial score (nSPS) is 21.3. The van der Waals surface area contributed by atoms with E-state index in [0.29, 0.717) is 12.5 Å². The molecule has 3 rings (SSSR count). The average molecular weight is 342 g/mol. The quantitative estimate of drug-likeness (QED) is 0.892. The molecule has 2 fully saturated rings. The molecule has 0 spiro atoms. The molecule has 0 aromatic heterocycles. The fourth-order valence-corrected chi connectivity index (χ4v) is 4.03. The van der Waals surface area contributed by atoms with Crippen LogP contribution in [-0.2, 0) is 16.0 Å². The Morgan fingerprint density at radius 3 is 2.48 bits per heavy atom. The van der Waals surface area contributed by atoms with Gasteiger partial charge in [0.25, 0.3) is 0 Å². The summed E-state index contributed by atoms with van der Waals surface area (Å²) in [5.41, 5.74) is 2.41. The van der Waals surface area contributed by atoms with Crippen LogP contribution in [0.4, 0.5) is 0 Å². The van der Waals surface area contributed by atoms with Gasteiger partial charge in [0, 0.05) is 19.0 Å². The average Bonchev–Trinajstić information content (AvgIpc) is 3.12. The number of carbonyl (C=O) groups excluding carboxylic acids is 2. The highest BCUT2D eigenvalue weighted by Crippen LogP contribution is 2.22. The van der Waals surface area contributed by atoms with E-state index >= 15 is 0 Å². The molecular formula is C21H30N2O2. The summed E-state index contributed by atoms with van der Waals surface area (Å²) >= 11 is 0. The molecule has 1 aliphatic heterocycles. The maximum Gasteiger partial charge on any atom is 0.243 e. The molecule has 136 valence electrons. The van der Waals surface area contributed by atoms with Crippen LogP contribution < -0.4 is 5.32 Å². The van der Waals surface area contributed by atoms with Crippen LogP contribution in [0.3, 0.4) is 0 Å². The molecule has 1 atom stereocenters. The molecule has 1 saturated heterocycles. The van der Waals surface area contributed by atoms with E-state index in [2.05, 4.69) is 36.5 Å². The third-order valence-electron chi connectivity index (χ3n) is 5.58. The number of benzene rings is 1. The van der Waals surface area contributed by atoms with E-state index in [0.717, 1.165) is 38.6 Å². The summed E-state index contributed by atoms with van der Waals surface area (Å²) < 4.78 is 0. The monoisotopic (exact) mass is 342 g/mol. The molecule has 1 aliphatic carbocycles. The molecule has 2 amide bonds. The Morgan fingerprint density at radius 1 is 1.04 bits per heavy atom. The summed E-state index contributed by atoms with van der Waals surface area (Å²) in [6.07, 6.45) is 8.80. The molecular weight excluding hydrogens is 312 g/mol. The molecule has 25 heavy (non-hydrogen) atoms. The second kappa shape index (κ2) is 8.50. The highest BCUT2D eigenvalue weighted by Gasteiger charge is 2.34. The number of nitrogens with one attached hydrogen (secondary N) is 1. The zero-order chi connectivity index (χ0) is 17.6. The van der Waals surface area contributed by atoms with Crippen molar-refractivity contribution >= 4 is 11.8 Å². The predicted octanol–water partition coefficient (Wildman–Crippen LogP) is 3.37. The maximum absolute atomic E-state index is 12.6. The van der Waals surface area contributed by atoms with Crippen molar-refractivity contribution in [2.24, 2.45) is 0 Å². The topological polar surface area (TPSA) is 49.4 Å². The van der Waals surface area contributed by atoms with Crippen molar-refractivity contribution in [2.75, 3.05) is 6.54 Å². The van der Waals surface area contributed by atoms with Gasteiger partial charge in [-0.25, -0.2) is 0 Å². The first kappa shape index (κ1) is 18.0. The number of nitrogens with zero attached hydrogens (tertiary/aromatic N) is 1. The molecule has 1 N–H and O–H groups in total. The lowest BCUT2D eigenvalue weighted by molar-refractivity contribution is -0.138. The lowest BCUT2D eigenvalue weighted by Gasteiger charge is -2.28. The first-order chi connectivity index (χ1) is 12.1. The van der Waals surface area contributed by atoms with Crippen molar-refractivity contribution in [1.29, 1.82) is 0 Å². The van der Waals surface area contributed by atoms with E-state index in [-0.39, 0.29) is 17.9 Å². The Morgan fingerprint density at radius 2 is 1.76 bits per heavy atom. The number of likely N-dealkylation sites (tertiary alicyclic amines) is 1. The van der Waals surface area contributed by atoms with Crippen LogP contribution in [0, 0.1) is 6.92 Å². The maximum atomic E-state index is 12.6. The lowest BCUT2D eigenvalue weighted by Crippen LogP contribution is -2.49. The number of hydrogen-bond donors (Lipinski definition) is 1. The van der Waals surface area contributed by atoms with Gasteiger partial charge >= 0.3 is 0 Å². The van der Waals surface area contributed by atoms with Gasteiger partial charge in [0.2, 0.25) is 11.8 Å². The van der Waals surface area contributed by atoms with Crippen molar-refractivity contribution in [2.45, 2.75) is 76.8 Å². The number of carbonyl (C=O) groups is 2. The van der Waals surface area contributed by atoms with Crippen molar-refractivity contribution < 1.29 is 9.59 Å². The Bertz CT molecular complexity index is 590. The highest BCUT2D eigenvalue weighted by atomic mass is 16.2. The molecule has 0 radical (unpaired) electrons. The fourth-order valence-electron chi connectivity index (χ4n) is 4.03. The molecule has 1 saturated carbocycles. The van der Waals surface area contributed by atoms with Gasteiger partial charge < -0.3 is 10.2 Å². The minimum atomic E-state index is -0.257. The van der Waals surface area contributed by atoms with E-state index in [1.165, 1.54) is 30.4 Å². The largest absolute Gasteiger partial charge is 0.352 e. The fraction of sp³-hybridized carbons (Fsp3) is 0.619. The summed E-state index contributed by atoms with van der Waals surface area (Å²) in [5.74, 6) is 0.176. The zero-order valence-corrected chi connectivity index (χ0v) is 15.3. The Balaban J connectivity index is 1.51. The number of rotatable bonds is 5. The third kappa shape index (κ3) is 4.83. The van der Waals surface area contributed by atoms with Crippen molar-refractivity contribution in [3.63, 3.8) is 0 Å². The van der Waals surface area contributed by atoms with Crippen molar-refractivity contribution in [1.82, 2.24) is 10.2 Å². The number of hydrogen-bond acceptors (Lipinski definition) is 2. The molecule has 4 heteroatoms. The minimum absolute atomic E-state index is 0.0630. The van der Waals surface area contributed by atoms with Crippen molar-refractivity contribution in [3.05, 3.63) is 35.4 Å². The lowest BCUT2D eigenvalue weighted by atomic mass is 9.95. The molecule has 2 aliphatic rings. The number of aryl methyl sites for hydroxylation is 2. The Labute approximate surface area is 151 Å². The molecule has 1 aromatic carbocycles. The van der Waals surface area contributed by atoms with E-state index in [1.807, 2.05) is 4.90 Å². The molecule has 0 unspecified atom stereocenters. The summed E-state index contributed by atoms with van der Waals surface area (Å²) in [6, 6.07) is 8.38. The SMILES string of the molecule is Cc1ccc(CCC(=O)N2CCC[C@@H]2C(=O)NC2CCCCC2)cc1. The zero-order valence-electron chi connectivity index (χ0n) is 15.3. The standard InChI is InChI=1S/C21H30N2O2/c1-16-9-11-17(12-10-16)13-14-20(24)23-15-5-8-19(23)21(25)22-18-6-3-2-4-7-18/h9-12,18-19H,2-8,13-15H2,1H3,(H,22,25)/t19-/m1/s1. The van der Waals surface area contributed by atoms with Gasteiger partial charge in [-0.15, -0.1) is 0 Å². The van der Waals surface area contributed by atoms with Gasteiger partial charge in [-0.05, 0) is 44.6 Å². The molecule has 1 aromatic rings. The van der Waals surface area contributed by atoms with E-state index in [4.69, 9.17) is 0 Å². The van der Waals surface area contributed by atoms with E-state index in [1.54, 1.807) is 0 Å². The number of amides is 2. The first-order valence-corrected chi connectivity index (χ1v) is 9.79. The van der Waals surface area contributed by atoms with Gasteiger partial charge in [0.05, 0.1) is 0 Å². The minimum Gasteiger partial charge on any atom is -0.352 e. The Kier molecular flexibility index (Phi) is 6.11. The molecule has 0 bridgehead atoms. The third-order valence-corrected chi connectivity index (χ3v) is 5.58. The molecule has 4 nitrogen and oxygen atoms in total. The second-order valence-electron chi connectivity index (χ2n) is 7.57. The summed E-state index contributed by atoms with van der Waals surface area (Å²) in [6.45, 7) is 2.78. The first-order valence-electron chi connectivity index (χ1n) is 9.79. The summed E-state index contributed by atoms with van der Waals surface area (Å²) in [7, 11) is 0. The van der Waals surface area contributed by atoms with Crippen LogP contribution >= 0.6 is 0 Å². The van der Waals surface area contributed by atoms with Crippen LogP contribution in [0.15, 0.2) is 24.3 Å². The van der Waals surface area contributed by atoms with Gasteiger partial charge in [-0.3, -0.25) is 9.59 Å². The van der Waals surface area contributed by atoms with E-state index < -0.39 is 0 Å². The summed E-state index contributed by atoms with van der Waals surface area (Å²) in [4.78, 5) is 27.1. The van der Waals surface area contributed by atoms with Gasteiger partial charge in [-0.2, -0.15) is 0 Å². The van der Waals surface area contributed by atoms with Gasteiger partial charge in [-0.1, -0.05) is 49.1 Å². The Hall–Kier alpha value is -1.84. The van der Waals surface area contributed by atoms with Crippen LogP contribution in [0.25, 0.3) is 0 Å². The molecule has 1 heterocycles. The van der Waals surface area contributed by atoms with E-state index in [9.17, 15) is 9.59 Å². The van der Waals surface area contributed by atoms with Crippen LogP contribution in [-0.4, -0.2) is 35.3 Å².